The van der Waals surface area contributed by atoms with Crippen molar-refractivity contribution >= 4 is 35.5 Å². The summed E-state index contributed by atoms with van der Waals surface area (Å²) in [7, 11) is 0. The lowest BCUT2D eigenvalue weighted by atomic mass is 10.1. The number of carbonyl (C=O) groups is 2. The number of thioether (sulfide) groups is 2. The normalized spacial score (nSPS) is 10.6. The van der Waals surface area contributed by atoms with E-state index in [1.807, 2.05) is 11.8 Å². The number of aliphatic carboxylic acids is 2. The molecule has 0 saturated carbocycles. The molecule has 0 amide bonds. The van der Waals surface area contributed by atoms with Crippen LogP contribution in [0.3, 0.4) is 0 Å². The highest BCUT2D eigenvalue weighted by Crippen LogP contribution is 2.13. The molecule has 0 radical (unpaired) electrons. The third-order valence-corrected chi connectivity index (χ3v) is 7.49. The Morgan fingerprint density at radius 3 is 1.18 bits per heavy atom. The number of unbranched alkanes of at least 4 members (excludes halogenated alkanes) is 15. The maximum Gasteiger partial charge on any atom is 0.303 e. The van der Waals surface area contributed by atoms with Crippen LogP contribution in [0.4, 0.5) is 0 Å². The molecule has 33 heavy (non-hydrogen) atoms. The van der Waals surface area contributed by atoms with Crippen molar-refractivity contribution in [3.05, 3.63) is 0 Å². The van der Waals surface area contributed by atoms with Gasteiger partial charge >= 0.3 is 11.9 Å². The Balaban J connectivity index is 0. The monoisotopic (exact) mass is 506 g/mol. The third kappa shape index (κ3) is 39.2. The molecule has 0 atom stereocenters. The summed E-state index contributed by atoms with van der Waals surface area (Å²) in [6.07, 6.45) is 25.2. The topological polar surface area (TPSA) is 74.6 Å². The maximum absolute atomic E-state index is 10.3. The molecule has 4 nitrogen and oxygen atoms in total. The zero-order valence-corrected chi connectivity index (χ0v) is 23.4. The number of carboxylic acids is 2. The highest BCUT2D eigenvalue weighted by molar-refractivity contribution is 7.99. The summed E-state index contributed by atoms with van der Waals surface area (Å²) < 4.78 is 0. The molecule has 0 aromatic carbocycles. The fourth-order valence-corrected chi connectivity index (χ4v) is 4.94. The van der Waals surface area contributed by atoms with Crippen LogP contribution in [0.5, 0.6) is 0 Å². The van der Waals surface area contributed by atoms with E-state index in [1.165, 1.54) is 107 Å². The van der Waals surface area contributed by atoms with Crippen LogP contribution in [0, 0.1) is 0 Å². The van der Waals surface area contributed by atoms with Crippen molar-refractivity contribution in [2.24, 2.45) is 0 Å². The summed E-state index contributed by atoms with van der Waals surface area (Å²) in [4.78, 5) is 20.5. The predicted octanol–water partition coefficient (Wildman–Crippen LogP) is 9.06. The van der Waals surface area contributed by atoms with Crippen LogP contribution in [-0.2, 0) is 9.59 Å². The quantitative estimate of drug-likeness (QED) is 0.120. The molecular weight excluding hydrogens is 452 g/mol. The van der Waals surface area contributed by atoms with Gasteiger partial charge in [0.25, 0.3) is 0 Å². The minimum Gasteiger partial charge on any atom is -0.481 e. The van der Waals surface area contributed by atoms with Crippen LogP contribution >= 0.6 is 23.5 Å². The molecule has 6 heteroatoms. The fraction of sp³-hybridized carbons (Fsp3) is 0.926. The highest BCUT2D eigenvalue weighted by atomic mass is 32.2. The van der Waals surface area contributed by atoms with Crippen LogP contribution in [0.2, 0.25) is 0 Å². The lowest BCUT2D eigenvalue weighted by molar-refractivity contribution is -0.138. The second-order valence-corrected chi connectivity index (χ2v) is 11.1. The van der Waals surface area contributed by atoms with E-state index in [0.717, 1.165) is 25.7 Å². The Kier molecular flexibility index (Phi) is 33.4. The van der Waals surface area contributed by atoms with Gasteiger partial charge in [0.2, 0.25) is 0 Å². The highest BCUT2D eigenvalue weighted by Gasteiger charge is 1.97. The molecule has 0 aliphatic carbocycles. The molecule has 2 N–H and O–H groups in total. The van der Waals surface area contributed by atoms with Gasteiger partial charge < -0.3 is 10.2 Å². The Labute approximate surface area is 213 Å². The first-order valence-electron chi connectivity index (χ1n) is 13.5. The molecule has 0 aromatic rings. The largest absolute Gasteiger partial charge is 0.481 e. The fourth-order valence-electron chi connectivity index (χ4n) is 3.55. The lowest BCUT2D eigenvalue weighted by Gasteiger charge is -2.03. The van der Waals surface area contributed by atoms with Crippen molar-refractivity contribution in [1.29, 1.82) is 0 Å². The van der Waals surface area contributed by atoms with Crippen LogP contribution in [0.15, 0.2) is 0 Å². The Hall–Kier alpha value is -0.360. The smallest absolute Gasteiger partial charge is 0.303 e. The molecule has 0 unspecified atom stereocenters. The summed E-state index contributed by atoms with van der Waals surface area (Å²) in [5.74, 6) is 2.62. The van der Waals surface area contributed by atoms with Crippen molar-refractivity contribution in [3.63, 3.8) is 0 Å². The average molecular weight is 507 g/mol. The van der Waals surface area contributed by atoms with Crippen LogP contribution in [0.25, 0.3) is 0 Å². The van der Waals surface area contributed by atoms with Gasteiger partial charge in [-0.15, -0.1) is 0 Å². The minimum absolute atomic E-state index is 0.338. The van der Waals surface area contributed by atoms with Crippen molar-refractivity contribution in [2.45, 2.75) is 135 Å². The molecular formula is C27H54O4S2. The van der Waals surface area contributed by atoms with Gasteiger partial charge in [-0.1, -0.05) is 90.4 Å². The van der Waals surface area contributed by atoms with Gasteiger partial charge in [0.1, 0.15) is 0 Å². The van der Waals surface area contributed by atoms with Crippen molar-refractivity contribution in [1.82, 2.24) is 0 Å². The van der Waals surface area contributed by atoms with Gasteiger partial charge in [-0.3, -0.25) is 9.59 Å². The van der Waals surface area contributed by atoms with E-state index in [9.17, 15) is 9.59 Å². The standard InChI is InChI=1S/C17H34O2S.C10H20O2S/c1-2-15-20-16-13-11-9-7-5-3-4-6-8-10-12-14-17(18)19;1-13-9-7-5-3-2-4-6-8-10(11)12/h2-16H2,1H3,(H,18,19);2-9H2,1H3,(H,11,12). The second-order valence-electron chi connectivity index (χ2n) is 8.90. The van der Waals surface area contributed by atoms with Gasteiger partial charge in [-0.25, -0.2) is 0 Å². The second kappa shape index (κ2) is 31.6. The molecule has 0 fully saturated rings. The third-order valence-electron chi connectivity index (χ3n) is 5.52. The lowest BCUT2D eigenvalue weighted by Crippen LogP contribution is -1.93. The molecule has 0 heterocycles. The summed E-state index contributed by atoms with van der Waals surface area (Å²) >= 11 is 4.00. The van der Waals surface area contributed by atoms with E-state index in [4.69, 9.17) is 10.2 Å². The number of rotatable bonds is 25. The number of carboxylic acid groups (broad SMARTS) is 2. The Morgan fingerprint density at radius 2 is 0.848 bits per heavy atom. The van der Waals surface area contributed by atoms with Gasteiger partial charge in [0.15, 0.2) is 0 Å². The van der Waals surface area contributed by atoms with Crippen molar-refractivity contribution in [3.8, 4) is 0 Å². The predicted molar refractivity (Wildman–Crippen MR) is 149 cm³/mol. The van der Waals surface area contributed by atoms with Crippen LogP contribution in [0.1, 0.15) is 135 Å². The molecule has 0 aliphatic rings. The van der Waals surface area contributed by atoms with E-state index < -0.39 is 11.9 Å². The number of hydrogen-bond acceptors (Lipinski definition) is 4. The van der Waals surface area contributed by atoms with Gasteiger partial charge in [-0.05, 0) is 55.6 Å². The molecule has 0 bridgehead atoms. The van der Waals surface area contributed by atoms with E-state index in [2.05, 4.69) is 24.9 Å². The van der Waals surface area contributed by atoms with E-state index in [-0.39, 0.29) is 0 Å². The molecule has 0 spiro atoms. The summed E-state index contributed by atoms with van der Waals surface area (Å²) in [5.41, 5.74) is 0. The molecule has 0 saturated heterocycles. The van der Waals surface area contributed by atoms with Crippen molar-refractivity contribution < 1.29 is 19.8 Å². The molecule has 0 rings (SSSR count). The molecule has 0 aromatic heterocycles. The Bertz CT molecular complexity index is 406. The van der Waals surface area contributed by atoms with E-state index >= 15 is 0 Å². The van der Waals surface area contributed by atoms with Gasteiger partial charge in [0.05, 0.1) is 0 Å². The van der Waals surface area contributed by atoms with Crippen molar-refractivity contribution in [2.75, 3.05) is 23.5 Å². The zero-order chi connectivity index (χ0) is 24.8. The first-order chi connectivity index (χ1) is 16.0. The van der Waals surface area contributed by atoms with Crippen LogP contribution in [-0.4, -0.2) is 45.7 Å². The summed E-state index contributed by atoms with van der Waals surface area (Å²) in [5, 5.41) is 16.9. The minimum atomic E-state index is -0.664. The Morgan fingerprint density at radius 1 is 0.515 bits per heavy atom. The first kappa shape index (κ1) is 34.8. The van der Waals surface area contributed by atoms with Gasteiger partial charge in [0, 0.05) is 12.8 Å². The maximum atomic E-state index is 10.3. The SMILES string of the molecule is CCCSCCCCCCCCCCCCCC(=O)O.CSCCCCCCCCC(=O)O. The van der Waals surface area contributed by atoms with Crippen LogP contribution < -0.4 is 0 Å². The number of hydrogen-bond donors (Lipinski definition) is 2. The molecule has 0 aliphatic heterocycles. The summed E-state index contributed by atoms with van der Waals surface area (Å²) in [6.45, 7) is 2.25. The molecule has 198 valence electrons. The van der Waals surface area contributed by atoms with E-state index in [1.54, 1.807) is 0 Å². The first-order valence-corrected chi connectivity index (χ1v) is 16.1. The zero-order valence-electron chi connectivity index (χ0n) is 21.8. The van der Waals surface area contributed by atoms with E-state index in [0.29, 0.717) is 12.8 Å². The average Bonchev–Trinajstić information content (AvgIpc) is 2.78. The van der Waals surface area contributed by atoms with Gasteiger partial charge in [-0.2, -0.15) is 23.5 Å². The summed E-state index contributed by atoms with van der Waals surface area (Å²) in [6, 6.07) is 0.